The number of ether oxygens (including phenoxy) is 1. The van der Waals surface area contributed by atoms with E-state index in [1.54, 1.807) is 0 Å². The zero-order valence-electron chi connectivity index (χ0n) is 15.0. The Hall–Kier alpha value is -2.04. The van der Waals surface area contributed by atoms with Gasteiger partial charge in [0.25, 0.3) is 0 Å². The van der Waals surface area contributed by atoms with Crippen molar-refractivity contribution in [3.8, 4) is 5.75 Å². The summed E-state index contributed by atoms with van der Waals surface area (Å²) in [6.45, 7) is 3.03. The molecule has 0 radical (unpaired) electrons. The molecule has 5 nitrogen and oxygen atoms in total. The lowest BCUT2D eigenvalue weighted by Gasteiger charge is -2.27. The normalized spacial score (nSPS) is 20.3. The van der Waals surface area contributed by atoms with Crippen LogP contribution in [0.4, 0.5) is 5.69 Å². The Morgan fingerprint density at radius 3 is 2.76 bits per heavy atom. The predicted molar refractivity (Wildman–Crippen MR) is 97.6 cm³/mol. The molecule has 2 N–H and O–H groups in total. The molecule has 1 aliphatic carbocycles. The highest BCUT2D eigenvalue weighted by Gasteiger charge is 2.27. The number of rotatable bonds is 5. The fourth-order valence-corrected chi connectivity index (χ4v) is 3.67. The van der Waals surface area contributed by atoms with E-state index in [1.807, 2.05) is 25.1 Å². The van der Waals surface area contributed by atoms with Gasteiger partial charge in [-0.1, -0.05) is 26.2 Å². The van der Waals surface area contributed by atoms with Gasteiger partial charge in [-0.15, -0.1) is 0 Å². The van der Waals surface area contributed by atoms with E-state index in [0.29, 0.717) is 25.4 Å². The first kappa shape index (κ1) is 17.8. The van der Waals surface area contributed by atoms with Gasteiger partial charge in [0.1, 0.15) is 12.4 Å². The molecule has 1 aliphatic heterocycles. The molecule has 1 unspecified atom stereocenters. The van der Waals surface area contributed by atoms with Gasteiger partial charge in [0.2, 0.25) is 11.8 Å². The van der Waals surface area contributed by atoms with E-state index in [1.165, 1.54) is 32.1 Å². The van der Waals surface area contributed by atoms with Gasteiger partial charge in [0.15, 0.2) is 0 Å². The third-order valence-electron chi connectivity index (χ3n) is 5.23. The molecule has 25 heavy (non-hydrogen) atoms. The van der Waals surface area contributed by atoms with Gasteiger partial charge in [0.05, 0.1) is 5.92 Å². The maximum Gasteiger partial charge on any atom is 0.226 e. The second kappa shape index (κ2) is 8.37. The SMILES string of the molecule is CCC(=O)Nc1ccc2c(c1)CC(C(=O)NCC1CCCCC1)CO2. The Morgan fingerprint density at radius 2 is 2.00 bits per heavy atom. The fourth-order valence-electron chi connectivity index (χ4n) is 3.67. The molecule has 1 heterocycles. The lowest BCUT2D eigenvalue weighted by Crippen LogP contribution is -2.39. The summed E-state index contributed by atoms with van der Waals surface area (Å²) in [5, 5.41) is 5.98. The Balaban J connectivity index is 1.56. The number of anilines is 1. The minimum absolute atomic E-state index is 0.0153. The summed E-state index contributed by atoms with van der Waals surface area (Å²) in [5.41, 5.74) is 1.75. The summed E-state index contributed by atoms with van der Waals surface area (Å²) in [4.78, 5) is 24.0. The van der Waals surface area contributed by atoms with Crippen molar-refractivity contribution >= 4 is 17.5 Å². The first-order valence-corrected chi connectivity index (χ1v) is 9.49. The van der Waals surface area contributed by atoms with Crippen LogP contribution in [0.25, 0.3) is 0 Å². The largest absolute Gasteiger partial charge is 0.492 e. The van der Waals surface area contributed by atoms with Crippen LogP contribution in [0.2, 0.25) is 0 Å². The molecule has 0 saturated heterocycles. The molecule has 3 rings (SSSR count). The Kier molecular flexibility index (Phi) is 5.95. The van der Waals surface area contributed by atoms with E-state index in [0.717, 1.165) is 23.5 Å². The van der Waals surface area contributed by atoms with Gasteiger partial charge in [-0.05, 0) is 48.9 Å². The minimum Gasteiger partial charge on any atom is -0.492 e. The van der Waals surface area contributed by atoms with Crippen LogP contribution >= 0.6 is 0 Å². The summed E-state index contributed by atoms with van der Waals surface area (Å²) < 4.78 is 5.76. The summed E-state index contributed by atoms with van der Waals surface area (Å²) in [6.07, 6.45) is 7.45. The molecule has 1 aromatic carbocycles. The van der Waals surface area contributed by atoms with Gasteiger partial charge in [0, 0.05) is 18.7 Å². The number of nitrogens with one attached hydrogen (secondary N) is 2. The molecule has 1 saturated carbocycles. The Morgan fingerprint density at radius 1 is 1.20 bits per heavy atom. The third-order valence-corrected chi connectivity index (χ3v) is 5.23. The van der Waals surface area contributed by atoms with Crippen LogP contribution in [0.15, 0.2) is 18.2 Å². The van der Waals surface area contributed by atoms with E-state index in [-0.39, 0.29) is 17.7 Å². The van der Waals surface area contributed by atoms with Crippen molar-refractivity contribution < 1.29 is 14.3 Å². The van der Waals surface area contributed by atoms with E-state index in [2.05, 4.69) is 10.6 Å². The van der Waals surface area contributed by atoms with Crippen LogP contribution in [0, 0.1) is 11.8 Å². The van der Waals surface area contributed by atoms with Crippen LogP contribution in [0.1, 0.15) is 51.0 Å². The Bertz CT molecular complexity index is 623. The lowest BCUT2D eigenvalue weighted by atomic mass is 9.89. The van der Waals surface area contributed by atoms with Crippen molar-refractivity contribution in [3.05, 3.63) is 23.8 Å². The van der Waals surface area contributed by atoms with Crippen LogP contribution in [0.5, 0.6) is 5.75 Å². The van der Waals surface area contributed by atoms with Crippen LogP contribution < -0.4 is 15.4 Å². The summed E-state index contributed by atoms with van der Waals surface area (Å²) in [7, 11) is 0. The topological polar surface area (TPSA) is 67.4 Å². The highest BCUT2D eigenvalue weighted by molar-refractivity contribution is 5.90. The van der Waals surface area contributed by atoms with Gasteiger partial charge in [-0.3, -0.25) is 9.59 Å². The number of benzene rings is 1. The number of hydrogen-bond acceptors (Lipinski definition) is 3. The molecule has 0 aromatic heterocycles. The van der Waals surface area contributed by atoms with Crippen molar-refractivity contribution in [1.29, 1.82) is 0 Å². The Labute approximate surface area is 149 Å². The van der Waals surface area contributed by atoms with Crippen molar-refractivity contribution in [1.82, 2.24) is 5.32 Å². The standard InChI is InChI=1S/C20H28N2O3/c1-2-19(23)22-17-8-9-18-15(11-17)10-16(13-25-18)20(24)21-12-14-6-4-3-5-7-14/h8-9,11,14,16H,2-7,10,12-13H2,1H3,(H,21,24)(H,22,23). The molecular weight excluding hydrogens is 316 g/mol. The van der Waals surface area contributed by atoms with Crippen molar-refractivity contribution in [2.24, 2.45) is 11.8 Å². The molecule has 2 amide bonds. The zero-order valence-corrected chi connectivity index (χ0v) is 15.0. The number of fused-ring (bicyclic) bond motifs is 1. The monoisotopic (exact) mass is 344 g/mol. The molecule has 0 spiro atoms. The second-order valence-corrected chi connectivity index (χ2v) is 7.19. The van der Waals surface area contributed by atoms with Gasteiger partial charge in [-0.2, -0.15) is 0 Å². The van der Waals surface area contributed by atoms with Crippen molar-refractivity contribution in [2.45, 2.75) is 51.9 Å². The predicted octanol–water partition coefficient (Wildman–Crippen LogP) is 3.28. The zero-order chi connectivity index (χ0) is 17.6. The highest BCUT2D eigenvalue weighted by atomic mass is 16.5. The van der Waals surface area contributed by atoms with E-state index in [9.17, 15) is 9.59 Å². The smallest absolute Gasteiger partial charge is 0.226 e. The average Bonchev–Trinajstić information content (AvgIpc) is 2.66. The van der Waals surface area contributed by atoms with E-state index >= 15 is 0 Å². The highest BCUT2D eigenvalue weighted by Crippen LogP contribution is 2.30. The maximum absolute atomic E-state index is 12.5. The van der Waals surface area contributed by atoms with Crippen LogP contribution in [-0.2, 0) is 16.0 Å². The summed E-state index contributed by atoms with van der Waals surface area (Å²) in [6, 6.07) is 5.64. The molecular formula is C20H28N2O3. The van der Waals surface area contributed by atoms with E-state index in [4.69, 9.17) is 4.74 Å². The van der Waals surface area contributed by atoms with Gasteiger partial charge >= 0.3 is 0 Å². The molecule has 1 atom stereocenters. The average molecular weight is 344 g/mol. The minimum atomic E-state index is -0.159. The van der Waals surface area contributed by atoms with Crippen molar-refractivity contribution in [3.63, 3.8) is 0 Å². The molecule has 136 valence electrons. The number of hydrogen-bond donors (Lipinski definition) is 2. The third kappa shape index (κ3) is 4.74. The molecule has 1 fully saturated rings. The van der Waals surface area contributed by atoms with Gasteiger partial charge < -0.3 is 15.4 Å². The maximum atomic E-state index is 12.5. The lowest BCUT2D eigenvalue weighted by molar-refractivity contribution is -0.126. The quantitative estimate of drug-likeness (QED) is 0.861. The van der Waals surface area contributed by atoms with Crippen LogP contribution in [0.3, 0.4) is 0 Å². The first-order chi connectivity index (χ1) is 12.2. The molecule has 5 heteroatoms. The summed E-state index contributed by atoms with van der Waals surface area (Å²) in [5.74, 6) is 1.35. The van der Waals surface area contributed by atoms with Crippen molar-refractivity contribution in [2.75, 3.05) is 18.5 Å². The molecule has 1 aromatic rings. The van der Waals surface area contributed by atoms with Crippen LogP contribution in [-0.4, -0.2) is 25.0 Å². The summed E-state index contributed by atoms with van der Waals surface area (Å²) >= 11 is 0. The first-order valence-electron chi connectivity index (χ1n) is 9.49. The van der Waals surface area contributed by atoms with Gasteiger partial charge in [-0.25, -0.2) is 0 Å². The molecule has 0 bridgehead atoms. The molecule has 2 aliphatic rings. The fraction of sp³-hybridized carbons (Fsp3) is 0.600. The second-order valence-electron chi connectivity index (χ2n) is 7.19. The number of amides is 2. The number of carbonyl (C=O) groups is 2. The number of carbonyl (C=O) groups excluding carboxylic acids is 2. The van der Waals surface area contributed by atoms with E-state index < -0.39 is 0 Å².